The lowest BCUT2D eigenvalue weighted by Crippen LogP contribution is -2.43. The zero-order valence-electron chi connectivity index (χ0n) is 5.75. The van der Waals surface area contributed by atoms with E-state index in [0.29, 0.717) is 0 Å². The Hall–Kier alpha value is -0.220. The van der Waals surface area contributed by atoms with Gasteiger partial charge in [0.2, 0.25) is 5.91 Å². The van der Waals surface area contributed by atoms with Gasteiger partial charge in [-0.1, -0.05) is 0 Å². The predicted octanol–water partition coefficient (Wildman–Crippen LogP) is -0.305. The van der Waals surface area contributed by atoms with E-state index in [1.165, 1.54) is 0 Å². The fraction of sp³-hybridized carbons (Fsp3) is 0.833. The summed E-state index contributed by atoms with van der Waals surface area (Å²) in [5.41, 5.74) is 10.6. The van der Waals surface area contributed by atoms with E-state index in [9.17, 15) is 4.79 Å². The van der Waals surface area contributed by atoms with Crippen LogP contribution in [0.4, 0.5) is 0 Å². The van der Waals surface area contributed by atoms with Gasteiger partial charge in [-0.05, 0) is 18.6 Å². The molecule has 0 spiro atoms. The van der Waals surface area contributed by atoms with E-state index in [1.54, 1.807) is 11.8 Å². The molecule has 1 rings (SSSR count). The summed E-state index contributed by atoms with van der Waals surface area (Å²) in [5.74, 6) is 0.741. The minimum atomic E-state index is -0.438. The number of nitrogens with two attached hydrogens (primary N) is 2. The van der Waals surface area contributed by atoms with Gasteiger partial charge >= 0.3 is 0 Å². The van der Waals surface area contributed by atoms with Gasteiger partial charge in [-0.15, -0.1) is 0 Å². The molecular weight excluding hydrogens is 148 g/mol. The summed E-state index contributed by atoms with van der Waals surface area (Å²) >= 11 is 1.75. The summed E-state index contributed by atoms with van der Waals surface area (Å²) in [5, 5.41) is 0.275. The van der Waals surface area contributed by atoms with E-state index >= 15 is 0 Å². The van der Waals surface area contributed by atoms with Crippen molar-refractivity contribution in [2.45, 2.75) is 24.1 Å². The van der Waals surface area contributed by atoms with Crippen LogP contribution in [0.1, 0.15) is 12.8 Å². The van der Waals surface area contributed by atoms with E-state index in [2.05, 4.69) is 0 Å². The molecule has 0 saturated carbocycles. The molecule has 1 heterocycles. The first-order chi connectivity index (χ1) is 4.72. The monoisotopic (exact) mass is 160 g/mol. The number of carbonyl (C=O) groups excluding carboxylic acids is 1. The van der Waals surface area contributed by atoms with E-state index in [1.807, 2.05) is 0 Å². The molecule has 1 fully saturated rings. The second kappa shape index (κ2) is 3.25. The third-order valence-electron chi connectivity index (χ3n) is 1.69. The van der Waals surface area contributed by atoms with Crippen molar-refractivity contribution >= 4 is 17.7 Å². The molecule has 1 saturated heterocycles. The normalized spacial score (nSPS) is 28.3. The number of amides is 1. The fourth-order valence-corrected chi connectivity index (χ4v) is 2.38. The van der Waals surface area contributed by atoms with Crippen molar-refractivity contribution in [1.82, 2.24) is 0 Å². The highest BCUT2D eigenvalue weighted by Crippen LogP contribution is 2.27. The molecule has 0 aromatic heterocycles. The zero-order chi connectivity index (χ0) is 7.56. The third-order valence-corrected chi connectivity index (χ3v) is 3.18. The van der Waals surface area contributed by atoms with Crippen molar-refractivity contribution in [2.24, 2.45) is 11.5 Å². The van der Waals surface area contributed by atoms with Crippen molar-refractivity contribution in [3.05, 3.63) is 0 Å². The minimum absolute atomic E-state index is 0.275. The van der Waals surface area contributed by atoms with Crippen molar-refractivity contribution in [1.29, 1.82) is 0 Å². The molecule has 0 aromatic rings. The SMILES string of the molecule is NC(=O)C(N)C1CCCS1. The molecule has 1 aliphatic heterocycles. The number of thioether (sulfide) groups is 1. The van der Waals surface area contributed by atoms with Gasteiger partial charge in [0.15, 0.2) is 0 Å². The molecule has 10 heavy (non-hydrogen) atoms. The second-order valence-electron chi connectivity index (χ2n) is 2.48. The molecule has 0 aliphatic carbocycles. The van der Waals surface area contributed by atoms with Crippen LogP contribution in [0.5, 0.6) is 0 Å². The average molecular weight is 160 g/mol. The minimum Gasteiger partial charge on any atom is -0.368 e. The van der Waals surface area contributed by atoms with Crippen LogP contribution in [-0.4, -0.2) is 23.0 Å². The predicted molar refractivity (Wildman–Crippen MR) is 42.6 cm³/mol. The second-order valence-corrected chi connectivity index (χ2v) is 3.83. The van der Waals surface area contributed by atoms with E-state index in [0.717, 1.165) is 18.6 Å². The molecule has 58 valence electrons. The van der Waals surface area contributed by atoms with Crippen LogP contribution >= 0.6 is 11.8 Å². The standard InChI is InChI=1S/C6H12N2OS/c7-5(6(8)9)4-2-1-3-10-4/h4-5H,1-3,7H2,(H2,8,9). The largest absolute Gasteiger partial charge is 0.368 e. The highest BCUT2D eigenvalue weighted by Gasteiger charge is 2.25. The first-order valence-electron chi connectivity index (χ1n) is 3.38. The quantitative estimate of drug-likeness (QED) is 0.582. The van der Waals surface area contributed by atoms with Gasteiger partial charge < -0.3 is 11.5 Å². The fourth-order valence-electron chi connectivity index (χ4n) is 1.07. The van der Waals surface area contributed by atoms with Crippen LogP contribution in [-0.2, 0) is 4.79 Å². The molecule has 2 atom stereocenters. The highest BCUT2D eigenvalue weighted by molar-refractivity contribution is 8.00. The summed E-state index contributed by atoms with van der Waals surface area (Å²) in [6.45, 7) is 0. The number of carbonyl (C=O) groups is 1. The molecule has 2 unspecified atom stereocenters. The lowest BCUT2D eigenvalue weighted by molar-refractivity contribution is -0.119. The third kappa shape index (κ3) is 1.64. The molecule has 1 amide bonds. The summed E-state index contributed by atoms with van der Waals surface area (Å²) in [4.78, 5) is 10.6. The van der Waals surface area contributed by atoms with Crippen LogP contribution in [0.3, 0.4) is 0 Å². The highest BCUT2D eigenvalue weighted by atomic mass is 32.2. The Morgan fingerprint density at radius 3 is 2.80 bits per heavy atom. The number of rotatable bonds is 2. The van der Waals surface area contributed by atoms with E-state index in [4.69, 9.17) is 11.5 Å². The molecule has 0 bridgehead atoms. The Morgan fingerprint density at radius 2 is 2.40 bits per heavy atom. The summed E-state index contributed by atoms with van der Waals surface area (Å²) in [7, 11) is 0. The van der Waals surface area contributed by atoms with Gasteiger partial charge in [0.1, 0.15) is 0 Å². The average Bonchev–Trinajstić information content (AvgIpc) is 2.36. The molecule has 3 nitrogen and oxygen atoms in total. The van der Waals surface area contributed by atoms with Crippen LogP contribution in [0, 0.1) is 0 Å². The van der Waals surface area contributed by atoms with Gasteiger partial charge in [-0.25, -0.2) is 0 Å². The number of hydrogen-bond acceptors (Lipinski definition) is 3. The van der Waals surface area contributed by atoms with Crippen LogP contribution in [0.15, 0.2) is 0 Å². The number of primary amides is 1. The Morgan fingerprint density at radius 1 is 1.70 bits per heavy atom. The first-order valence-corrected chi connectivity index (χ1v) is 4.43. The number of hydrogen-bond donors (Lipinski definition) is 2. The molecule has 0 aromatic carbocycles. The van der Waals surface area contributed by atoms with E-state index in [-0.39, 0.29) is 11.2 Å². The zero-order valence-corrected chi connectivity index (χ0v) is 6.56. The van der Waals surface area contributed by atoms with Gasteiger partial charge in [0, 0.05) is 5.25 Å². The molecular formula is C6H12N2OS. The molecule has 4 heteroatoms. The van der Waals surface area contributed by atoms with Crippen molar-refractivity contribution in [3.8, 4) is 0 Å². The van der Waals surface area contributed by atoms with Crippen molar-refractivity contribution in [2.75, 3.05) is 5.75 Å². The Labute approximate surface area is 64.5 Å². The maximum absolute atomic E-state index is 10.6. The summed E-state index contributed by atoms with van der Waals surface area (Å²) in [6.07, 6.45) is 2.20. The Balaban J connectivity index is 2.39. The Bertz CT molecular complexity index is 134. The van der Waals surface area contributed by atoms with Gasteiger partial charge in [0.05, 0.1) is 6.04 Å². The van der Waals surface area contributed by atoms with Crippen LogP contribution in [0.2, 0.25) is 0 Å². The summed E-state index contributed by atoms with van der Waals surface area (Å²) < 4.78 is 0. The molecule has 4 N–H and O–H groups in total. The van der Waals surface area contributed by atoms with Crippen LogP contribution < -0.4 is 11.5 Å². The maximum atomic E-state index is 10.6. The van der Waals surface area contributed by atoms with Crippen LogP contribution in [0.25, 0.3) is 0 Å². The van der Waals surface area contributed by atoms with Crippen molar-refractivity contribution in [3.63, 3.8) is 0 Å². The smallest absolute Gasteiger partial charge is 0.235 e. The molecule has 0 radical (unpaired) electrons. The van der Waals surface area contributed by atoms with Gasteiger partial charge in [-0.2, -0.15) is 11.8 Å². The lowest BCUT2D eigenvalue weighted by Gasteiger charge is -2.13. The lowest BCUT2D eigenvalue weighted by atomic mass is 10.1. The topological polar surface area (TPSA) is 69.1 Å². The van der Waals surface area contributed by atoms with Crippen molar-refractivity contribution < 1.29 is 4.79 Å². The van der Waals surface area contributed by atoms with Gasteiger partial charge in [-0.3, -0.25) is 4.79 Å². The molecule has 1 aliphatic rings. The van der Waals surface area contributed by atoms with Gasteiger partial charge in [0.25, 0.3) is 0 Å². The maximum Gasteiger partial charge on any atom is 0.235 e. The first kappa shape index (κ1) is 7.88. The van der Waals surface area contributed by atoms with E-state index < -0.39 is 6.04 Å². The summed E-state index contributed by atoms with van der Waals surface area (Å²) in [6, 6.07) is -0.438. The Kier molecular flexibility index (Phi) is 2.56.